The van der Waals surface area contributed by atoms with Crippen LogP contribution >= 0.6 is 0 Å². The van der Waals surface area contributed by atoms with Crippen LogP contribution in [-0.2, 0) is 6.54 Å². The molecule has 126 valence electrons. The number of benzene rings is 2. The molecule has 3 heteroatoms. The van der Waals surface area contributed by atoms with E-state index in [1.807, 2.05) is 50.5 Å². The number of rotatable bonds is 7. The Morgan fingerprint density at radius 2 is 1.71 bits per heavy atom. The smallest absolute Gasteiger partial charge is 0.251 e. The van der Waals surface area contributed by atoms with Crippen LogP contribution in [0.5, 0.6) is 0 Å². The van der Waals surface area contributed by atoms with Gasteiger partial charge in [0.25, 0.3) is 5.91 Å². The normalized spacial score (nSPS) is 10.8. The number of amides is 1. The van der Waals surface area contributed by atoms with E-state index in [1.54, 1.807) is 0 Å². The number of carbonyl (C=O) groups is 1. The molecule has 0 aliphatic rings. The highest BCUT2D eigenvalue weighted by atomic mass is 16.1. The second-order valence-corrected chi connectivity index (χ2v) is 6.06. The zero-order valence-corrected chi connectivity index (χ0v) is 14.8. The molecule has 1 N–H and O–H groups in total. The van der Waals surface area contributed by atoms with Crippen molar-refractivity contribution in [3.63, 3.8) is 0 Å². The summed E-state index contributed by atoms with van der Waals surface area (Å²) in [7, 11) is 4.02. The molecule has 2 rings (SSSR count). The van der Waals surface area contributed by atoms with E-state index in [0.717, 1.165) is 29.7 Å². The van der Waals surface area contributed by atoms with Gasteiger partial charge in [-0.3, -0.25) is 4.79 Å². The third-order valence-electron chi connectivity index (χ3n) is 3.84. The summed E-state index contributed by atoms with van der Waals surface area (Å²) >= 11 is 0. The molecule has 0 aliphatic carbocycles. The average molecular weight is 322 g/mol. The Kier molecular flexibility index (Phi) is 6.62. The first-order chi connectivity index (χ1) is 11.6. The number of hydrogen-bond donors (Lipinski definition) is 1. The molecule has 0 atom stereocenters. The molecule has 0 unspecified atom stereocenters. The Balaban J connectivity index is 1.90. The van der Waals surface area contributed by atoms with Crippen molar-refractivity contribution in [3.05, 3.63) is 71.3 Å². The maximum atomic E-state index is 12.2. The Labute approximate surface area is 145 Å². The number of nitrogens with zero attached hydrogens (tertiary/aromatic N) is 1. The molecule has 24 heavy (non-hydrogen) atoms. The van der Waals surface area contributed by atoms with Gasteiger partial charge >= 0.3 is 0 Å². The van der Waals surface area contributed by atoms with Crippen LogP contribution in [0.3, 0.4) is 0 Å². The summed E-state index contributed by atoms with van der Waals surface area (Å²) in [5.74, 6) is -0.0456. The fourth-order valence-electron chi connectivity index (χ4n) is 2.33. The number of hydrogen-bond acceptors (Lipinski definition) is 2. The third kappa shape index (κ3) is 5.27. The standard InChI is InChI=1S/C21H26N2O/c1-4-5-6-7-17-8-12-19(13-9-17)21(24)22-16-18-10-14-20(15-11-18)23(2)3/h6-15H,4-5,16H2,1-3H3,(H,22,24)/b7-6+. The van der Waals surface area contributed by atoms with Crippen molar-refractivity contribution in [1.82, 2.24) is 5.32 Å². The van der Waals surface area contributed by atoms with Crippen LogP contribution in [0.4, 0.5) is 5.69 Å². The van der Waals surface area contributed by atoms with Gasteiger partial charge in [-0.2, -0.15) is 0 Å². The van der Waals surface area contributed by atoms with E-state index in [-0.39, 0.29) is 5.91 Å². The van der Waals surface area contributed by atoms with E-state index in [9.17, 15) is 4.79 Å². The minimum atomic E-state index is -0.0456. The summed E-state index contributed by atoms with van der Waals surface area (Å²) < 4.78 is 0. The van der Waals surface area contributed by atoms with E-state index in [1.165, 1.54) is 0 Å². The molecular formula is C21H26N2O. The van der Waals surface area contributed by atoms with Crippen LogP contribution in [0.25, 0.3) is 6.08 Å². The van der Waals surface area contributed by atoms with Gasteiger partial charge in [-0.1, -0.05) is 49.8 Å². The second kappa shape index (κ2) is 8.92. The lowest BCUT2D eigenvalue weighted by Gasteiger charge is -2.13. The van der Waals surface area contributed by atoms with Crippen molar-refractivity contribution in [1.29, 1.82) is 0 Å². The van der Waals surface area contributed by atoms with Gasteiger partial charge in [0.05, 0.1) is 0 Å². The molecule has 1 amide bonds. The Morgan fingerprint density at radius 3 is 2.29 bits per heavy atom. The van der Waals surface area contributed by atoms with Crippen molar-refractivity contribution in [2.75, 3.05) is 19.0 Å². The van der Waals surface area contributed by atoms with Crippen LogP contribution in [0.1, 0.15) is 41.3 Å². The van der Waals surface area contributed by atoms with E-state index in [2.05, 4.69) is 41.4 Å². The molecule has 0 spiro atoms. The topological polar surface area (TPSA) is 32.3 Å². The van der Waals surface area contributed by atoms with Crippen molar-refractivity contribution in [3.8, 4) is 0 Å². The van der Waals surface area contributed by atoms with Gasteiger partial charge in [0.1, 0.15) is 0 Å². The highest BCUT2D eigenvalue weighted by molar-refractivity contribution is 5.94. The maximum Gasteiger partial charge on any atom is 0.251 e. The Hall–Kier alpha value is -2.55. The predicted octanol–water partition coefficient (Wildman–Crippen LogP) is 4.50. The van der Waals surface area contributed by atoms with Gasteiger partial charge in [-0.15, -0.1) is 0 Å². The summed E-state index contributed by atoms with van der Waals surface area (Å²) in [5, 5.41) is 2.97. The van der Waals surface area contributed by atoms with E-state index in [4.69, 9.17) is 0 Å². The summed E-state index contributed by atoms with van der Waals surface area (Å²) in [6, 6.07) is 15.9. The van der Waals surface area contributed by atoms with E-state index >= 15 is 0 Å². The van der Waals surface area contributed by atoms with Crippen molar-refractivity contribution >= 4 is 17.7 Å². The van der Waals surface area contributed by atoms with Crippen LogP contribution in [0.15, 0.2) is 54.6 Å². The number of allylic oxidation sites excluding steroid dienone is 1. The Morgan fingerprint density at radius 1 is 1.04 bits per heavy atom. The molecule has 0 radical (unpaired) electrons. The molecule has 0 saturated carbocycles. The SMILES string of the molecule is CCC/C=C/c1ccc(C(=O)NCc2ccc(N(C)C)cc2)cc1. The summed E-state index contributed by atoms with van der Waals surface area (Å²) in [5.41, 5.74) is 4.05. The highest BCUT2D eigenvalue weighted by Gasteiger charge is 2.05. The third-order valence-corrected chi connectivity index (χ3v) is 3.84. The summed E-state index contributed by atoms with van der Waals surface area (Å²) in [6.45, 7) is 2.69. The quantitative estimate of drug-likeness (QED) is 0.814. The molecule has 2 aromatic rings. The van der Waals surface area contributed by atoms with Crippen LogP contribution in [0.2, 0.25) is 0 Å². The second-order valence-electron chi connectivity index (χ2n) is 6.06. The molecule has 0 saturated heterocycles. The maximum absolute atomic E-state index is 12.2. The minimum absolute atomic E-state index is 0.0456. The number of carbonyl (C=O) groups excluding carboxylic acids is 1. The van der Waals surface area contributed by atoms with Gasteiger partial charge in [0.2, 0.25) is 0 Å². The molecule has 0 heterocycles. The lowest BCUT2D eigenvalue weighted by atomic mass is 10.1. The first-order valence-electron chi connectivity index (χ1n) is 8.41. The molecular weight excluding hydrogens is 296 g/mol. The first kappa shape index (κ1) is 17.8. The van der Waals surface area contributed by atoms with Crippen LogP contribution in [0, 0.1) is 0 Å². The van der Waals surface area contributed by atoms with E-state index < -0.39 is 0 Å². The van der Waals surface area contributed by atoms with Crippen molar-refractivity contribution in [2.45, 2.75) is 26.3 Å². The van der Waals surface area contributed by atoms with Gasteiger partial charge in [0.15, 0.2) is 0 Å². The predicted molar refractivity (Wildman–Crippen MR) is 102 cm³/mol. The molecule has 0 fully saturated rings. The van der Waals surface area contributed by atoms with Crippen molar-refractivity contribution in [2.24, 2.45) is 0 Å². The summed E-state index contributed by atoms with van der Waals surface area (Å²) in [4.78, 5) is 14.3. The molecule has 0 aromatic heterocycles. The molecule has 0 bridgehead atoms. The van der Waals surface area contributed by atoms with Crippen LogP contribution in [-0.4, -0.2) is 20.0 Å². The average Bonchev–Trinajstić information content (AvgIpc) is 2.61. The lowest BCUT2D eigenvalue weighted by Crippen LogP contribution is -2.22. The fraction of sp³-hybridized carbons (Fsp3) is 0.286. The van der Waals surface area contributed by atoms with E-state index in [0.29, 0.717) is 12.1 Å². The monoisotopic (exact) mass is 322 g/mol. The first-order valence-corrected chi connectivity index (χ1v) is 8.41. The van der Waals surface area contributed by atoms with Crippen LogP contribution < -0.4 is 10.2 Å². The lowest BCUT2D eigenvalue weighted by molar-refractivity contribution is 0.0951. The van der Waals surface area contributed by atoms with Gasteiger partial charge < -0.3 is 10.2 Å². The molecule has 2 aromatic carbocycles. The number of unbranched alkanes of at least 4 members (excludes halogenated alkanes) is 1. The fourth-order valence-corrected chi connectivity index (χ4v) is 2.33. The molecule has 3 nitrogen and oxygen atoms in total. The zero-order valence-electron chi connectivity index (χ0n) is 14.8. The molecule has 0 aliphatic heterocycles. The summed E-state index contributed by atoms with van der Waals surface area (Å²) in [6.07, 6.45) is 6.48. The highest BCUT2D eigenvalue weighted by Crippen LogP contribution is 2.12. The largest absolute Gasteiger partial charge is 0.378 e. The van der Waals surface area contributed by atoms with Gasteiger partial charge in [-0.05, 0) is 41.8 Å². The minimum Gasteiger partial charge on any atom is -0.378 e. The van der Waals surface area contributed by atoms with Gasteiger partial charge in [0, 0.05) is 31.9 Å². The number of anilines is 1. The number of nitrogens with one attached hydrogen (secondary N) is 1. The van der Waals surface area contributed by atoms with Crippen molar-refractivity contribution < 1.29 is 4.79 Å². The van der Waals surface area contributed by atoms with Gasteiger partial charge in [-0.25, -0.2) is 0 Å². The Bertz CT molecular complexity index is 670. The zero-order chi connectivity index (χ0) is 17.4.